The van der Waals surface area contributed by atoms with Crippen LogP contribution in [-0.2, 0) is 33.5 Å². The number of aliphatic imine (C=N–C) groups is 1. The molecule has 29 heteroatoms. The minimum Gasteiger partial charge on any atom is -0.508 e. The molecule has 3 saturated heterocycles. The van der Waals surface area contributed by atoms with Gasteiger partial charge in [-0.3, -0.25) is 38.8 Å². The van der Waals surface area contributed by atoms with Gasteiger partial charge in [-0.2, -0.15) is 0 Å². The third kappa shape index (κ3) is 12.6. The molecule has 7 aliphatic rings. The van der Waals surface area contributed by atoms with Crippen LogP contribution in [0, 0.1) is 23.7 Å². The Kier molecular flexibility index (Phi) is 23.4. The fourth-order valence-electron chi connectivity index (χ4n) is 12.3. The molecule has 0 spiro atoms. The Morgan fingerprint density at radius 2 is 1.69 bits per heavy atom. The van der Waals surface area contributed by atoms with Gasteiger partial charge in [-0.25, -0.2) is 4.79 Å². The Morgan fingerprint density at radius 3 is 2.23 bits per heavy atom. The Bertz CT molecular complexity index is 2660. The number of carbonyl (C=O) groups is 6. The number of β-lactam (4-membered cyclic amide) rings is 1. The summed E-state index contributed by atoms with van der Waals surface area (Å²) in [5, 5.41) is 107. The average molecular weight is 1200 g/mol. The predicted octanol–water partition coefficient (Wildman–Crippen LogP) is -2.15. The van der Waals surface area contributed by atoms with Crippen molar-refractivity contribution >= 4 is 82.5 Å². The van der Waals surface area contributed by atoms with E-state index < -0.39 is 135 Å². The van der Waals surface area contributed by atoms with Crippen LogP contribution in [0.2, 0.25) is 0 Å². The summed E-state index contributed by atoms with van der Waals surface area (Å²) in [5.41, 5.74) is 5.95. The number of nitrogens with zero attached hydrogens (tertiary/aromatic N) is 4. The number of ketones is 2. The maximum atomic E-state index is 13.7. The number of nitrogens with two attached hydrogens (primary N) is 2. The number of benzene rings is 1. The number of hydrogen-bond acceptors (Lipinski definition) is 21. The number of thioether (sulfide) groups is 2. The number of likely N-dealkylation sites (tertiary alicyclic amines) is 1. The first-order chi connectivity index (χ1) is 37.1. The number of carbonyl (C=O) groups excluding carboxylic acids is 5. The lowest BCUT2D eigenvalue weighted by Crippen LogP contribution is -2.70. The largest absolute Gasteiger partial charge is 0.508 e. The highest BCUT2D eigenvalue weighted by Crippen LogP contribution is 2.56. The fraction of sp³-hybridized carbons (Fsp3) is 0.635. The zero-order valence-corrected chi connectivity index (χ0v) is 48.4. The monoisotopic (exact) mass is 1200 g/mol. The maximum Gasteiger partial charge on any atom is 0.353 e. The SMILES string of the molecule is CCC[C@@H]1C[C@@H](C(=O)N[C@@H]([C@H]2O[C@H](SC)[C@H](O)[C@@H](O)[C@H]2O)[C@H](C)Cl)N(C)C1.C[C@@H](O)[C@H]1C(=O)N2C(C(=O)O)=C(SCCN=CN)C[C@H]12.C[C@H]1c2cccc(O)c2C(O)=C2C(=O)[C@]3(O)C(O)=C(C(N)=O)C(=O)[C@@H](N(C)C)[C@@H]3[C@@H](O)[C@@H]21.O.O. The molecular weight excluding hydrogens is 1130 g/mol. The van der Waals surface area contributed by atoms with Crippen molar-refractivity contribution in [1.29, 1.82) is 0 Å². The number of aliphatic hydroxyl groups is 8. The third-order valence-electron chi connectivity index (χ3n) is 16.1. The molecule has 454 valence electrons. The number of rotatable bonds is 15. The summed E-state index contributed by atoms with van der Waals surface area (Å²) in [6.07, 6.45) is -0.751. The maximum absolute atomic E-state index is 13.7. The van der Waals surface area contributed by atoms with Crippen LogP contribution >= 0.6 is 35.1 Å². The van der Waals surface area contributed by atoms with E-state index in [0.29, 0.717) is 35.1 Å². The first kappa shape index (κ1) is 68.6. The van der Waals surface area contributed by atoms with Gasteiger partial charge in [-0.15, -0.1) is 35.1 Å². The Labute approximate surface area is 481 Å². The van der Waals surface area contributed by atoms with E-state index in [1.807, 2.05) is 11.9 Å². The quantitative estimate of drug-likeness (QED) is 0.0222. The van der Waals surface area contributed by atoms with Gasteiger partial charge in [0, 0.05) is 35.1 Å². The van der Waals surface area contributed by atoms with Crippen molar-refractivity contribution < 1.29 is 95.5 Å². The van der Waals surface area contributed by atoms with Crippen molar-refractivity contribution in [1.82, 2.24) is 20.0 Å². The number of likely N-dealkylation sites (N-methyl/N-ethyl adjacent to an activating group) is 2. The highest BCUT2D eigenvalue weighted by Gasteiger charge is 2.68. The topological polar surface area (TPSA) is 463 Å². The van der Waals surface area contributed by atoms with Crippen molar-refractivity contribution in [2.45, 2.75) is 137 Å². The summed E-state index contributed by atoms with van der Waals surface area (Å²) in [4.78, 5) is 84.0. The number of nitrogens with one attached hydrogen (secondary N) is 1. The van der Waals surface area contributed by atoms with Crippen LogP contribution in [0.15, 0.2) is 50.7 Å². The third-order valence-corrected chi connectivity index (χ3v) is 18.3. The van der Waals surface area contributed by atoms with E-state index >= 15 is 0 Å². The van der Waals surface area contributed by atoms with Crippen LogP contribution in [-0.4, -0.2) is 242 Å². The van der Waals surface area contributed by atoms with E-state index in [0.717, 1.165) is 25.8 Å². The zero-order chi connectivity index (χ0) is 59.0. The van der Waals surface area contributed by atoms with E-state index in [4.69, 9.17) is 27.8 Å². The minimum atomic E-state index is -2.89. The van der Waals surface area contributed by atoms with E-state index in [-0.39, 0.29) is 51.9 Å². The van der Waals surface area contributed by atoms with E-state index in [2.05, 4.69) is 17.2 Å². The lowest BCUT2D eigenvalue weighted by molar-refractivity contribution is -0.205. The number of aliphatic carboxylic acids is 1. The van der Waals surface area contributed by atoms with E-state index in [9.17, 15) is 79.8 Å². The van der Waals surface area contributed by atoms with Crippen molar-refractivity contribution in [3.8, 4) is 5.75 Å². The smallest absolute Gasteiger partial charge is 0.353 e. The summed E-state index contributed by atoms with van der Waals surface area (Å²) in [6.45, 7) is 8.47. The number of Topliss-reactive ketones (excluding diaryl/α,β-unsaturated/α-hetero) is 2. The van der Waals surface area contributed by atoms with Crippen LogP contribution in [0.25, 0.3) is 5.76 Å². The van der Waals surface area contributed by atoms with Crippen molar-refractivity contribution in [2.24, 2.45) is 40.1 Å². The van der Waals surface area contributed by atoms with Gasteiger partial charge >= 0.3 is 5.97 Å². The standard InChI is InChI=1S/C22H24N2O8.C18H33ClN2O5S.C12H17N3O4S.2H2O/c1-7-8-5-4-6-9(25)11(8)16(26)12-10(7)17(27)14-15(24(2)3)18(28)13(21(23)31)20(30)22(14,32)19(12)29;1-5-6-10-7-11(21(3)8-10)17(25)20-12(9(2)19)16-14(23)13(22)15(24)18(26-16)27-4;1-6(16)9-7-4-8(20-3-2-14-5-13)10(12(18)19)15(7)11(9)17;;/h4-7,10,14-15,17,25-27,30,32H,1-3H3,(H2,23,31);9-16,18,22-24H,5-8H2,1-4H3,(H,20,25);5-7,9,16H,2-4H2,1H3,(H2,13,14)(H,18,19);2*1H2/t7-,10+,14+,15-,17-,22-;9-,10+,11-,12+,13-,14+,15+,16+,18+;6-,7-,9-;;/m001../s1. The molecule has 26 nitrogen and oxygen atoms in total. The lowest BCUT2D eigenvalue weighted by Gasteiger charge is -2.53. The minimum absolute atomic E-state index is 0. The molecule has 19 N–H and O–H groups in total. The lowest BCUT2D eigenvalue weighted by atomic mass is 9.54. The zero-order valence-electron chi connectivity index (χ0n) is 46.0. The molecule has 8 rings (SSSR count). The molecule has 4 fully saturated rings. The highest BCUT2D eigenvalue weighted by atomic mass is 35.5. The molecule has 1 aromatic rings. The van der Waals surface area contributed by atoms with Crippen LogP contribution in [0.5, 0.6) is 5.75 Å². The molecule has 0 radical (unpaired) electrons. The number of carboxylic acids is 1. The normalized spacial score (nSPS) is 33.5. The number of aliphatic hydroxyl groups excluding tert-OH is 7. The number of carboxylic acid groups (broad SMARTS) is 1. The van der Waals surface area contributed by atoms with Gasteiger partial charge in [0.15, 0.2) is 11.4 Å². The molecule has 1 aromatic carbocycles. The molecule has 81 heavy (non-hydrogen) atoms. The molecular formula is C52H78ClN7O19S2. The van der Waals surface area contributed by atoms with Gasteiger partial charge in [0.1, 0.15) is 58.4 Å². The van der Waals surface area contributed by atoms with Crippen LogP contribution in [0.3, 0.4) is 0 Å². The van der Waals surface area contributed by atoms with Gasteiger partial charge in [-0.05, 0) is 77.6 Å². The second-order valence-electron chi connectivity index (χ2n) is 21.3. The number of hydrogen-bond donors (Lipinski definition) is 13. The molecule has 3 aliphatic carbocycles. The summed E-state index contributed by atoms with van der Waals surface area (Å²) >= 11 is 8.93. The van der Waals surface area contributed by atoms with E-state index in [1.54, 1.807) is 39.2 Å². The molecule has 4 heterocycles. The van der Waals surface area contributed by atoms with Crippen LogP contribution in [0.4, 0.5) is 0 Å². The first-order valence-corrected chi connectivity index (χ1v) is 28.6. The summed E-state index contributed by atoms with van der Waals surface area (Å²) in [7, 11) is 4.86. The highest BCUT2D eigenvalue weighted by molar-refractivity contribution is 8.03. The summed E-state index contributed by atoms with van der Waals surface area (Å²) < 4.78 is 5.79. The number of alkyl halides is 1. The molecule has 18 atom stereocenters. The number of amides is 3. The van der Waals surface area contributed by atoms with Gasteiger partial charge < -0.3 is 88.4 Å². The molecule has 0 aromatic heterocycles. The number of phenols is 1. The van der Waals surface area contributed by atoms with E-state index in [1.165, 1.54) is 59.8 Å². The number of primary amides is 1. The van der Waals surface area contributed by atoms with Gasteiger partial charge in [-0.1, -0.05) is 32.4 Å². The number of ether oxygens (including phenoxy) is 1. The van der Waals surface area contributed by atoms with Gasteiger partial charge in [0.2, 0.25) is 17.6 Å². The van der Waals surface area contributed by atoms with Crippen LogP contribution < -0.4 is 16.8 Å². The number of halogens is 1. The second kappa shape index (κ2) is 27.6. The Balaban J connectivity index is 0.000000265. The average Bonchev–Trinajstić information content (AvgIpc) is 3.92. The number of aromatic hydroxyl groups is 1. The molecule has 0 bridgehead atoms. The molecule has 1 saturated carbocycles. The molecule has 4 aliphatic heterocycles. The van der Waals surface area contributed by atoms with Crippen molar-refractivity contribution in [3.63, 3.8) is 0 Å². The second-order valence-corrected chi connectivity index (χ2v) is 24.1. The van der Waals surface area contributed by atoms with Gasteiger partial charge in [0.05, 0.1) is 72.0 Å². The van der Waals surface area contributed by atoms with Crippen molar-refractivity contribution in [3.05, 3.63) is 56.8 Å². The number of phenolic OH excluding ortho intramolecular Hbond substituents is 1. The number of fused-ring (bicyclic) bond motifs is 4. The van der Waals surface area contributed by atoms with Crippen molar-refractivity contribution in [2.75, 3.05) is 46.2 Å². The predicted molar refractivity (Wildman–Crippen MR) is 300 cm³/mol. The van der Waals surface area contributed by atoms with Crippen LogP contribution in [0.1, 0.15) is 70.4 Å². The Morgan fingerprint density at radius 1 is 1.05 bits per heavy atom. The Hall–Kier alpha value is -4.92. The molecule has 0 unspecified atom stereocenters. The molecule has 3 amide bonds. The first-order valence-electron chi connectivity index (χ1n) is 25.9. The summed E-state index contributed by atoms with van der Waals surface area (Å²) in [5.74, 6) is -9.82. The summed E-state index contributed by atoms with van der Waals surface area (Å²) in [6, 6.07) is 1.97. The fourth-order valence-corrected chi connectivity index (χ4v) is 14.3. The van der Waals surface area contributed by atoms with Gasteiger partial charge in [0.25, 0.3) is 5.91 Å².